The lowest BCUT2D eigenvalue weighted by atomic mass is 10.1. The van der Waals surface area contributed by atoms with Crippen molar-refractivity contribution in [1.82, 2.24) is 4.90 Å². The third-order valence-electron chi connectivity index (χ3n) is 3.86. The number of aliphatic imine (C=N–C) groups is 3. The summed E-state index contributed by atoms with van der Waals surface area (Å²) in [7, 11) is 0. The van der Waals surface area contributed by atoms with E-state index in [0.717, 1.165) is 5.75 Å². The molecule has 3 heterocycles. The fourth-order valence-electron chi connectivity index (χ4n) is 2.77. The molecular weight excluding hydrogens is 310 g/mol. The summed E-state index contributed by atoms with van der Waals surface area (Å²) < 4.78 is 5.54. The summed E-state index contributed by atoms with van der Waals surface area (Å²) in [6, 6.07) is 0. The Labute approximate surface area is 131 Å². The maximum atomic E-state index is 10.2. The van der Waals surface area contributed by atoms with Gasteiger partial charge >= 0.3 is 0 Å². The van der Waals surface area contributed by atoms with Crippen LogP contribution in [0.2, 0.25) is 0 Å². The standard InChI is InChI=1S/C12H19N5O4S/c1-2-22-12-10(13)14-4-15-11(12)17(5-16-12)9-8(20)7(19)6(3-18)21-9/h5-9,18-20H,2-4H2,1H3,(H2,13,14)/t6-,7-,8-,9-,12?/m1/s1. The number of aliphatic hydroxyl groups excluding tert-OH is 3. The summed E-state index contributed by atoms with van der Waals surface area (Å²) in [5, 5.41) is 29.3. The van der Waals surface area contributed by atoms with E-state index >= 15 is 0 Å². The average Bonchev–Trinajstić information content (AvgIpc) is 3.01. The first-order valence-corrected chi connectivity index (χ1v) is 7.99. The molecule has 9 nitrogen and oxygen atoms in total. The highest BCUT2D eigenvalue weighted by molar-refractivity contribution is 8.02. The van der Waals surface area contributed by atoms with Crippen molar-refractivity contribution in [2.75, 3.05) is 19.0 Å². The Bertz CT molecular complexity index is 542. The van der Waals surface area contributed by atoms with Crippen molar-refractivity contribution < 1.29 is 20.1 Å². The van der Waals surface area contributed by atoms with E-state index in [-0.39, 0.29) is 13.3 Å². The number of ether oxygens (including phenoxy) is 1. The highest BCUT2D eigenvalue weighted by Gasteiger charge is 2.54. The zero-order valence-corrected chi connectivity index (χ0v) is 12.8. The lowest BCUT2D eigenvalue weighted by molar-refractivity contribution is -0.0510. The van der Waals surface area contributed by atoms with Gasteiger partial charge in [0.1, 0.15) is 30.8 Å². The zero-order chi connectivity index (χ0) is 15.9. The van der Waals surface area contributed by atoms with Crippen LogP contribution >= 0.6 is 11.8 Å². The molecule has 3 rings (SSSR count). The Morgan fingerprint density at radius 2 is 2.23 bits per heavy atom. The van der Waals surface area contributed by atoms with Gasteiger partial charge in [-0.3, -0.25) is 4.90 Å². The minimum atomic E-state index is -1.19. The number of amidine groups is 2. The quantitative estimate of drug-likeness (QED) is 0.466. The predicted octanol–water partition coefficient (Wildman–Crippen LogP) is -2.05. The summed E-state index contributed by atoms with van der Waals surface area (Å²) in [5.41, 5.74) is 6.03. The molecule has 0 aromatic heterocycles. The van der Waals surface area contributed by atoms with Crippen molar-refractivity contribution in [2.45, 2.75) is 36.3 Å². The summed E-state index contributed by atoms with van der Waals surface area (Å²) in [6.07, 6.45) is -2.59. The molecule has 0 bridgehead atoms. The topological polar surface area (TPSA) is 136 Å². The largest absolute Gasteiger partial charge is 0.394 e. The average molecular weight is 329 g/mol. The molecule has 0 aliphatic carbocycles. The first-order chi connectivity index (χ1) is 10.5. The second kappa shape index (κ2) is 5.78. The third-order valence-corrected chi connectivity index (χ3v) is 5.07. The summed E-state index contributed by atoms with van der Waals surface area (Å²) >= 11 is 1.47. The van der Waals surface area contributed by atoms with Crippen molar-refractivity contribution in [3.8, 4) is 0 Å². The van der Waals surface area contributed by atoms with E-state index < -0.39 is 29.4 Å². The van der Waals surface area contributed by atoms with Gasteiger partial charge in [-0.15, -0.1) is 11.8 Å². The smallest absolute Gasteiger partial charge is 0.221 e. The van der Waals surface area contributed by atoms with Crippen LogP contribution in [0.4, 0.5) is 0 Å². The monoisotopic (exact) mass is 329 g/mol. The normalized spacial score (nSPS) is 40.6. The van der Waals surface area contributed by atoms with E-state index in [0.29, 0.717) is 11.7 Å². The van der Waals surface area contributed by atoms with E-state index in [1.807, 2.05) is 6.92 Å². The SMILES string of the molecule is CCSC12N=CN([C@@H]3O[C@H](CO)[C@@H](O)[C@H]3O)C1=NCN=C2N. The van der Waals surface area contributed by atoms with Crippen LogP contribution in [0, 0.1) is 0 Å². The number of hydrogen-bond acceptors (Lipinski definition) is 10. The van der Waals surface area contributed by atoms with Crippen molar-refractivity contribution in [3.05, 3.63) is 0 Å². The molecule has 0 saturated carbocycles. The molecule has 1 fully saturated rings. The minimum Gasteiger partial charge on any atom is -0.394 e. The summed E-state index contributed by atoms with van der Waals surface area (Å²) in [6.45, 7) is 1.77. The van der Waals surface area contributed by atoms with Gasteiger partial charge in [0.2, 0.25) is 4.87 Å². The molecule has 5 atom stereocenters. The van der Waals surface area contributed by atoms with Gasteiger partial charge in [0.15, 0.2) is 12.1 Å². The lowest BCUT2D eigenvalue weighted by Gasteiger charge is -2.33. The van der Waals surface area contributed by atoms with Crippen LogP contribution in [-0.2, 0) is 4.74 Å². The van der Waals surface area contributed by atoms with Crippen molar-refractivity contribution in [2.24, 2.45) is 20.7 Å². The van der Waals surface area contributed by atoms with E-state index in [4.69, 9.17) is 10.5 Å². The van der Waals surface area contributed by atoms with Crippen LogP contribution < -0.4 is 5.73 Å². The van der Waals surface area contributed by atoms with Crippen molar-refractivity contribution >= 4 is 29.8 Å². The fourth-order valence-corrected chi connectivity index (χ4v) is 3.82. The van der Waals surface area contributed by atoms with Crippen LogP contribution in [0.3, 0.4) is 0 Å². The van der Waals surface area contributed by atoms with Crippen LogP contribution in [0.15, 0.2) is 15.0 Å². The first-order valence-electron chi connectivity index (χ1n) is 7.00. The molecule has 0 radical (unpaired) electrons. The second-order valence-electron chi connectivity index (χ2n) is 5.12. The van der Waals surface area contributed by atoms with Gasteiger partial charge in [0, 0.05) is 0 Å². The highest BCUT2D eigenvalue weighted by Crippen LogP contribution is 2.38. The molecule has 1 saturated heterocycles. The Kier molecular flexibility index (Phi) is 4.12. The van der Waals surface area contributed by atoms with Crippen LogP contribution in [0.5, 0.6) is 0 Å². The number of nitrogens with zero attached hydrogens (tertiary/aromatic N) is 4. The van der Waals surface area contributed by atoms with Gasteiger partial charge in [-0.25, -0.2) is 15.0 Å². The first kappa shape index (κ1) is 15.7. The van der Waals surface area contributed by atoms with Gasteiger partial charge < -0.3 is 25.8 Å². The van der Waals surface area contributed by atoms with Gasteiger partial charge in [0.05, 0.1) is 12.9 Å². The fraction of sp³-hybridized carbons (Fsp3) is 0.750. The number of fused-ring (bicyclic) bond motifs is 1. The Balaban J connectivity index is 1.89. The molecule has 3 aliphatic rings. The van der Waals surface area contributed by atoms with Crippen molar-refractivity contribution in [3.63, 3.8) is 0 Å². The predicted molar refractivity (Wildman–Crippen MR) is 82.9 cm³/mol. The number of hydrogen-bond donors (Lipinski definition) is 4. The van der Waals surface area contributed by atoms with Gasteiger partial charge in [-0.2, -0.15) is 0 Å². The van der Waals surface area contributed by atoms with Crippen LogP contribution in [-0.4, -0.2) is 86.7 Å². The molecule has 22 heavy (non-hydrogen) atoms. The van der Waals surface area contributed by atoms with E-state index in [1.165, 1.54) is 18.1 Å². The second-order valence-corrected chi connectivity index (χ2v) is 6.58. The van der Waals surface area contributed by atoms with Crippen molar-refractivity contribution in [1.29, 1.82) is 0 Å². The Morgan fingerprint density at radius 1 is 1.45 bits per heavy atom. The minimum absolute atomic E-state index is 0.182. The molecule has 122 valence electrons. The molecule has 1 unspecified atom stereocenters. The molecule has 10 heteroatoms. The molecular formula is C12H19N5O4S. The summed E-state index contributed by atoms with van der Waals surface area (Å²) in [5.74, 6) is 1.63. The lowest BCUT2D eigenvalue weighted by Crippen LogP contribution is -2.55. The van der Waals surface area contributed by atoms with Gasteiger partial charge in [-0.05, 0) is 5.75 Å². The van der Waals surface area contributed by atoms with Gasteiger partial charge in [0.25, 0.3) is 0 Å². The van der Waals surface area contributed by atoms with E-state index in [9.17, 15) is 15.3 Å². The van der Waals surface area contributed by atoms with E-state index in [1.54, 1.807) is 4.90 Å². The van der Waals surface area contributed by atoms with Crippen LogP contribution in [0.25, 0.3) is 0 Å². The maximum Gasteiger partial charge on any atom is 0.221 e. The molecule has 0 spiro atoms. The Hall–Kier alpha value is -1.20. The molecule has 5 N–H and O–H groups in total. The van der Waals surface area contributed by atoms with E-state index in [2.05, 4.69) is 15.0 Å². The Morgan fingerprint density at radius 3 is 2.86 bits per heavy atom. The zero-order valence-electron chi connectivity index (χ0n) is 12.0. The number of rotatable bonds is 4. The number of nitrogens with two attached hydrogens (primary N) is 1. The molecule has 0 amide bonds. The third kappa shape index (κ3) is 2.14. The summed E-state index contributed by atoms with van der Waals surface area (Å²) in [4.78, 5) is 13.6. The number of aliphatic hydroxyl groups is 3. The van der Waals surface area contributed by atoms with Crippen LogP contribution in [0.1, 0.15) is 6.92 Å². The maximum absolute atomic E-state index is 10.2. The molecule has 0 aromatic rings. The van der Waals surface area contributed by atoms with Gasteiger partial charge in [-0.1, -0.05) is 6.92 Å². The molecule has 3 aliphatic heterocycles. The number of thioether (sulfide) groups is 1. The highest BCUT2D eigenvalue weighted by atomic mass is 32.2. The molecule has 0 aromatic carbocycles.